The van der Waals surface area contributed by atoms with E-state index in [1.165, 1.54) is 19.1 Å². The van der Waals surface area contributed by atoms with Crippen LogP contribution in [0.25, 0.3) is 5.76 Å². The van der Waals surface area contributed by atoms with E-state index in [0.717, 1.165) is 24.4 Å². The van der Waals surface area contributed by atoms with Crippen LogP contribution >= 0.6 is 0 Å². The molecule has 2 saturated heterocycles. The number of nitrogens with zero attached hydrogens (tertiary/aromatic N) is 2. The molecule has 3 heterocycles. The Balaban J connectivity index is 1.60. The fraction of sp³-hybridized carbons (Fsp3) is 0.429. The number of likely N-dealkylation sites (tertiary alicyclic amines) is 1. The van der Waals surface area contributed by atoms with Crippen LogP contribution in [-0.4, -0.2) is 86.3 Å². The first-order valence-electron chi connectivity index (χ1n) is 12.5. The molecule has 2 atom stereocenters. The van der Waals surface area contributed by atoms with Gasteiger partial charge >= 0.3 is 0 Å². The summed E-state index contributed by atoms with van der Waals surface area (Å²) in [6.45, 7) is 5.64. The minimum absolute atomic E-state index is 0.0328. The lowest BCUT2D eigenvalue weighted by Gasteiger charge is -2.31. The van der Waals surface area contributed by atoms with Crippen LogP contribution in [0.2, 0.25) is 0 Å². The predicted molar refractivity (Wildman–Crippen MR) is 136 cm³/mol. The van der Waals surface area contributed by atoms with Crippen molar-refractivity contribution >= 4 is 17.4 Å². The molecule has 1 N–H and O–H groups in total. The van der Waals surface area contributed by atoms with E-state index in [4.69, 9.17) is 18.9 Å². The van der Waals surface area contributed by atoms with Gasteiger partial charge in [0, 0.05) is 43.7 Å². The van der Waals surface area contributed by atoms with Gasteiger partial charge in [0.2, 0.25) is 0 Å². The van der Waals surface area contributed by atoms with Crippen molar-refractivity contribution in [3.05, 3.63) is 58.7 Å². The number of benzene rings is 2. The van der Waals surface area contributed by atoms with Gasteiger partial charge in [-0.05, 0) is 36.8 Å². The number of para-hydroxylation sites is 1. The zero-order valence-corrected chi connectivity index (χ0v) is 21.4. The van der Waals surface area contributed by atoms with Crippen LogP contribution < -0.4 is 14.2 Å². The molecule has 3 aliphatic heterocycles. The summed E-state index contributed by atoms with van der Waals surface area (Å²) in [6, 6.07) is 9.84. The van der Waals surface area contributed by atoms with E-state index in [0.29, 0.717) is 55.4 Å². The van der Waals surface area contributed by atoms with E-state index >= 15 is 0 Å². The Labute approximate surface area is 216 Å². The summed E-state index contributed by atoms with van der Waals surface area (Å²) in [7, 11) is 3.05. The van der Waals surface area contributed by atoms with Crippen molar-refractivity contribution in [3.63, 3.8) is 0 Å². The zero-order chi connectivity index (χ0) is 26.1. The van der Waals surface area contributed by atoms with Crippen molar-refractivity contribution in [2.24, 2.45) is 0 Å². The van der Waals surface area contributed by atoms with Crippen molar-refractivity contribution in [1.29, 1.82) is 0 Å². The second-order valence-corrected chi connectivity index (χ2v) is 9.48. The molecule has 196 valence electrons. The summed E-state index contributed by atoms with van der Waals surface area (Å²) in [6.07, 6.45) is 0.747. The van der Waals surface area contributed by atoms with Crippen LogP contribution in [0.1, 0.15) is 29.7 Å². The Kier molecular flexibility index (Phi) is 7.08. The summed E-state index contributed by atoms with van der Waals surface area (Å²) >= 11 is 0. The largest absolute Gasteiger partial charge is 0.507 e. The van der Waals surface area contributed by atoms with Crippen LogP contribution in [0.3, 0.4) is 0 Å². The summed E-state index contributed by atoms with van der Waals surface area (Å²) < 4.78 is 22.4. The SMILES string of the molecule is COc1cccc(C2/C(=C(\O)c3ccc4c(c3)CC(C)O4)C(=O)C(=O)N2CCN2CCOCC2)c1OC. The standard InChI is InChI=1S/C28H32N2O7/c1-17-15-19-16-18(7-8-21(19)37-17)25(31)23-24(20-5-4-6-22(34-2)27(20)35-3)30(28(33)26(23)32)10-9-29-11-13-36-14-12-29/h4-8,16-17,24,31H,9-15H2,1-3H3/b25-23+. The third-order valence-corrected chi connectivity index (χ3v) is 7.20. The highest BCUT2D eigenvalue weighted by atomic mass is 16.5. The van der Waals surface area contributed by atoms with Crippen LogP contribution in [0.15, 0.2) is 42.0 Å². The van der Waals surface area contributed by atoms with Gasteiger partial charge in [-0.15, -0.1) is 0 Å². The Hall–Kier alpha value is -3.56. The van der Waals surface area contributed by atoms with E-state index in [-0.39, 0.29) is 17.4 Å². The van der Waals surface area contributed by atoms with Crippen molar-refractivity contribution < 1.29 is 33.6 Å². The van der Waals surface area contributed by atoms with Crippen LogP contribution in [0.5, 0.6) is 17.2 Å². The van der Waals surface area contributed by atoms with Gasteiger partial charge in [-0.3, -0.25) is 14.5 Å². The first-order valence-corrected chi connectivity index (χ1v) is 12.5. The average Bonchev–Trinajstić information content (AvgIpc) is 3.42. The fourth-order valence-electron chi connectivity index (χ4n) is 5.36. The molecule has 0 spiro atoms. The number of amides is 1. The average molecular weight is 509 g/mol. The molecule has 9 nitrogen and oxygen atoms in total. The number of carbonyl (C=O) groups excluding carboxylic acids is 2. The molecular formula is C28H32N2O7. The molecule has 9 heteroatoms. The smallest absolute Gasteiger partial charge is 0.295 e. The van der Waals surface area contributed by atoms with E-state index in [2.05, 4.69) is 4.90 Å². The van der Waals surface area contributed by atoms with Gasteiger partial charge in [0.25, 0.3) is 11.7 Å². The third kappa shape index (κ3) is 4.65. The van der Waals surface area contributed by atoms with E-state index in [1.807, 2.05) is 13.0 Å². The van der Waals surface area contributed by atoms with Gasteiger partial charge in [0.05, 0.1) is 39.0 Å². The number of carbonyl (C=O) groups is 2. The molecule has 0 radical (unpaired) electrons. The highest BCUT2D eigenvalue weighted by Gasteiger charge is 2.47. The molecule has 37 heavy (non-hydrogen) atoms. The topological polar surface area (TPSA) is 97.8 Å². The fourth-order valence-corrected chi connectivity index (χ4v) is 5.36. The highest BCUT2D eigenvalue weighted by Crippen LogP contribution is 2.45. The maximum atomic E-state index is 13.5. The number of morpholine rings is 1. The summed E-state index contributed by atoms with van der Waals surface area (Å²) in [4.78, 5) is 30.6. The Morgan fingerprint density at radius 3 is 2.59 bits per heavy atom. The number of rotatable bonds is 7. The molecule has 0 aliphatic carbocycles. The number of ketones is 1. The van der Waals surface area contributed by atoms with Crippen LogP contribution in [0.4, 0.5) is 0 Å². The van der Waals surface area contributed by atoms with Crippen LogP contribution in [-0.2, 0) is 20.7 Å². The van der Waals surface area contributed by atoms with Gasteiger partial charge in [0.1, 0.15) is 17.6 Å². The number of aliphatic hydroxyl groups is 1. The molecule has 0 bridgehead atoms. The lowest BCUT2D eigenvalue weighted by molar-refractivity contribution is -0.140. The second kappa shape index (κ2) is 10.4. The quantitative estimate of drug-likeness (QED) is 0.347. The summed E-state index contributed by atoms with van der Waals surface area (Å²) in [5, 5.41) is 11.5. The second-order valence-electron chi connectivity index (χ2n) is 9.48. The van der Waals surface area contributed by atoms with Crippen LogP contribution in [0, 0.1) is 0 Å². The summed E-state index contributed by atoms with van der Waals surface area (Å²) in [5.74, 6) is 0.0607. The molecule has 2 fully saturated rings. The molecule has 0 aromatic heterocycles. The molecule has 2 unspecified atom stereocenters. The molecule has 2 aromatic rings. The number of hydrogen-bond acceptors (Lipinski definition) is 8. The van der Waals surface area contributed by atoms with Gasteiger partial charge < -0.3 is 29.0 Å². The number of Topliss-reactive ketones (excluding diaryl/α,β-unsaturated/α-hetero) is 1. The van der Waals surface area contributed by atoms with Gasteiger partial charge in [-0.2, -0.15) is 0 Å². The van der Waals surface area contributed by atoms with Gasteiger partial charge in [0.15, 0.2) is 11.5 Å². The number of methoxy groups -OCH3 is 2. The third-order valence-electron chi connectivity index (χ3n) is 7.20. The number of fused-ring (bicyclic) bond motifs is 1. The van der Waals surface area contributed by atoms with Gasteiger partial charge in [-0.25, -0.2) is 0 Å². The molecule has 3 aliphatic rings. The maximum absolute atomic E-state index is 13.5. The molecular weight excluding hydrogens is 476 g/mol. The maximum Gasteiger partial charge on any atom is 0.295 e. The van der Waals surface area contributed by atoms with Crippen molar-refractivity contribution in [3.8, 4) is 17.2 Å². The monoisotopic (exact) mass is 508 g/mol. The lowest BCUT2D eigenvalue weighted by Crippen LogP contribution is -2.42. The minimum Gasteiger partial charge on any atom is -0.507 e. The van der Waals surface area contributed by atoms with E-state index in [9.17, 15) is 14.7 Å². The number of ether oxygens (including phenoxy) is 4. The first kappa shape index (κ1) is 25.1. The molecule has 2 aromatic carbocycles. The summed E-state index contributed by atoms with van der Waals surface area (Å²) in [5.41, 5.74) is 2.02. The molecule has 0 saturated carbocycles. The van der Waals surface area contributed by atoms with Crippen molar-refractivity contribution in [2.45, 2.75) is 25.5 Å². The first-order chi connectivity index (χ1) is 17.9. The van der Waals surface area contributed by atoms with Crippen molar-refractivity contribution in [1.82, 2.24) is 9.80 Å². The van der Waals surface area contributed by atoms with Crippen molar-refractivity contribution in [2.75, 3.05) is 53.6 Å². The Bertz CT molecular complexity index is 1240. The Morgan fingerprint density at radius 2 is 1.86 bits per heavy atom. The molecule has 1 amide bonds. The normalized spacial score (nSPS) is 23.2. The highest BCUT2D eigenvalue weighted by molar-refractivity contribution is 6.46. The lowest BCUT2D eigenvalue weighted by atomic mass is 9.93. The minimum atomic E-state index is -0.838. The van der Waals surface area contributed by atoms with E-state index < -0.39 is 17.7 Å². The van der Waals surface area contributed by atoms with E-state index in [1.54, 1.807) is 30.3 Å². The molecule has 5 rings (SSSR count). The Morgan fingerprint density at radius 1 is 1.08 bits per heavy atom. The number of hydrogen-bond donors (Lipinski definition) is 1. The number of aliphatic hydroxyl groups excluding tert-OH is 1. The zero-order valence-electron chi connectivity index (χ0n) is 21.4. The van der Waals surface area contributed by atoms with Gasteiger partial charge in [-0.1, -0.05) is 12.1 Å². The predicted octanol–water partition coefficient (Wildman–Crippen LogP) is 2.78.